The van der Waals surface area contributed by atoms with Crippen LogP contribution < -0.4 is 20.1 Å². The van der Waals surface area contributed by atoms with E-state index in [-0.39, 0.29) is 6.17 Å². The fraction of sp³-hybridized carbons (Fsp3) is 0.571. The maximum Gasteiger partial charge on any atom is 0.161 e. The van der Waals surface area contributed by atoms with Gasteiger partial charge < -0.3 is 20.1 Å². The van der Waals surface area contributed by atoms with Crippen molar-refractivity contribution in [2.45, 2.75) is 6.17 Å². The Hall–Kier alpha value is -1.30. The molecule has 5 nitrogen and oxygen atoms in total. The SMILES string of the molecule is CNC(c1ccc2c(c1)OCCO2)N1CCNCC1. The summed E-state index contributed by atoms with van der Waals surface area (Å²) < 4.78 is 11.2. The van der Waals surface area contributed by atoms with E-state index in [1.165, 1.54) is 5.56 Å². The molecule has 0 spiro atoms. The number of nitrogens with zero attached hydrogens (tertiary/aromatic N) is 1. The normalized spacial score (nSPS) is 21.1. The number of ether oxygens (including phenoxy) is 2. The van der Waals surface area contributed by atoms with Gasteiger partial charge in [0.25, 0.3) is 0 Å². The van der Waals surface area contributed by atoms with E-state index in [0.717, 1.165) is 37.7 Å². The summed E-state index contributed by atoms with van der Waals surface area (Å²) in [5.41, 5.74) is 1.23. The first-order chi connectivity index (χ1) is 9.38. The first-order valence-electron chi connectivity index (χ1n) is 6.90. The van der Waals surface area contributed by atoms with Crippen LogP contribution in [-0.4, -0.2) is 51.3 Å². The average Bonchev–Trinajstić information content (AvgIpc) is 2.49. The minimum absolute atomic E-state index is 0.234. The predicted molar refractivity (Wildman–Crippen MR) is 73.7 cm³/mol. The first kappa shape index (κ1) is 12.7. The van der Waals surface area contributed by atoms with Gasteiger partial charge in [0, 0.05) is 26.2 Å². The van der Waals surface area contributed by atoms with Gasteiger partial charge in [-0.3, -0.25) is 4.90 Å². The fourth-order valence-electron chi connectivity index (χ4n) is 2.73. The third-order valence-electron chi connectivity index (χ3n) is 3.67. The van der Waals surface area contributed by atoms with Gasteiger partial charge in [-0.2, -0.15) is 0 Å². The second kappa shape index (κ2) is 5.77. The predicted octanol–water partition coefficient (Wildman–Crippen LogP) is 0.581. The van der Waals surface area contributed by atoms with Crippen molar-refractivity contribution >= 4 is 0 Å². The highest BCUT2D eigenvalue weighted by atomic mass is 16.6. The zero-order chi connectivity index (χ0) is 13.1. The van der Waals surface area contributed by atoms with Gasteiger partial charge in [0.05, 0.1) is 6.17 Å². The lowest BCUT2D eigenvalue weighted by Gasteiger charge is -2.35. The standard InChI is InChI=1S/C14H21N3O2/c1-15-14(17-6-4-16-5-7-17)11-2-3-12-13(10-11)19-9-8-18-12/h2-3,10,14-16H,4-9H2,1H3. The summed E-state index contributed by atoms with van der Waals surface area (Å²) in [6, 6.07) is 6.23. The minimum Gasteiger partial charge on any atom is -0.486 e. The van der Waals surface area contributed by atoms with E-state index in [1.54, 1.807) is 0 Å². The van der Waals surface area contributed by atoms with Crippen LogP contribution in [0, 0.1) is 0 Å². The zero-order valence-electron chi connectivity index (χ0n) is 11.3. The fourth-order valence-corrected chi connectivity index (χ4v) is 2.73. The molecular weight excluding hydrogens is 242 g/mol. The Morgan fingerprint density at radius 3 is 2.63 bits per heavy atom. The van der Waals surface area contributed by atoms with Crippen molar-refractivity contribution in [1.82, 2.24) is 15.5 Å². The minimum atomic E-state index is 0.234. The molecule has 2 N–H and O–H groups in total. The van der Waals surface area contributed by atoms with Gasteiger partial charge in [-0.25, -0.2) is 0 Å². The number of benzene rings is 1. The van der Waals surface area contributed by atoms with Crippen LogP contribution in [0.5, 0.6) is 11.5 Å². The van der Waals surface area contributed by atoms with Gasteiger partial charge in [-0.1, -0.05) is 6.07 Å². The number of hydrogen-bond donors (Lipinski definition) is 2. The monoisotopic (exact) mass is 263 g/mol. The first-order valence-corrected chi connectivity index (χ1v) is 6.90. The van der Waals surface area contributed by atoms with Crippen molar-refractivity contribution in [3.05, 3.63) is 23.8 Å². The van der Waals surface area contributed by atoms with Crippen LogP contribution in [0.4, 0.5) is 0 Å². The number of rotatable bonds is 3. The molecule has 104 valence electrons. The molecule has 1 unspecified atom stereocenters. The van der Waals surface area contributed by atoms with Gasteiger partial charge >= 0.3 is 0 Å². The molecular formula is C14H21N3O2. The van der Waals surface area contributed by atoms with Crippen molar-refractivity contribution in [3.63, 3.8) is 0 Å². The molecule has 2 heterocycles. The summed E-state index contributed by atoms with van der Waals surface area (Å²) in [5, 5.41) is 6.78. The molecule has 0 aromatic heterocycles. The van der Waals surface area contributed by atoms with E-state index in [4.69, 9.17) is 9.47 Å². The van der Waals surface area contributed by atoms with Gasteiger partial charge in [0.1, 0.15) is 13.2 Å². The third kappa shape index (κ3) is 2.68. The largest absolute Gasteiger partial charge is 0.486 e. The second-order valence-corrected chi connectivity index (χ2v) is 4.88. The van der Waals surface area contributed by atoms with Gasteiger partial charge in [-0.15, -0.1) is 0 Å². The maximum atomic E-state index is 5.66. The molecule has 2 aliphatic rings. The third-order valence-corrected chi connectivity index (χ3v) is 3.67. The molecule has 0 amide bonds. The van der Waals surface area contributed by atoms with Crippen LogP contribution in [-0.2, 0) is 0 Å². The van der Waals surface area contributed by atoms with Crippen LogP contribution in [0.2, 0.25) is 0 Å². The highest BCUT2D eigenvalue weighted by Crippen LogP contribution is 2.33. The van der Waals surface area contributed by atoms with Crippen molar-refractivity contribution in [3.8, 4) is 11.5 Å². The molecule has 1 aromatic rings. The Labute approximate surface area is 113 Å². The van der Waals surface area contributed by atoms with Crippen molar-refractivity contribution in [2.24, 2.45) is 0 Å². The second-order valence-electron chi connectivity index (χ2n) is 4.88. The quantitative estimate of drug-likeness (QED) is 0.835. The summed E-state index contributed by atoms with van der Waals surface area (Å²) in [5.74, 6) is 1.71. The molecule has 1 saturated heterocycles. The van der Waals surface area contributed by atoms with E-state index < -0.39 is 0 Å². The summed E-state index contributed by atoms with van der Waals surface area (Å²) in [4.78, 5) is 2.45. The molecule has 1 aromatic carbocycles. The summed E-state index contributed by atoms with van der Waals surface area (Å²) in [6.07, 6.45) is 0.234. The van der Waals surface area contributed by atoms with Gasteiger partial charge in [0.2, 0.25) is 0 Å². The van der Waals surface area contributed by atoms with Crippen LogP contribution in [0.15, 0.2) is 18.2 Å². The van der Waals surface area contributed by atoms with Crippen LogP contribution in [0.1, 0.15) is 11.7 Å². The Balaban J connectivity index is 1.82. The average molecular weight is 263 g/mol. The van der Waals surface area contributed by atoms with Gasteiger partial charge in [-0.05, 0) is 24.7 Å². The lowest BCUT2D eigenvalue weighted by atomic mass is 10.1. The molecule has 1 atom stereocenters. The molecule has 5 heteroatoms. The van der Waals surface area contributed by atoms with E-state index in [1.807, 2.05) is 13.1 Å². The van der Waals surface area contributed by atoms with E-state index >= 15 is 0 Å². The summed E-state index contributed by atoms with van der Waals surface area (Å²) >= 11 is 0. The number of nitrogens with one attached hydrogen (secondary N) is 2. The van der Waals surface area contributed by atoms with Crippen LogP contribution in [0.25, 0.3) is 0 Å². The molecule has 2 aliphatic heterocycles. The molecule has 1 fully saturated rings. The summed E-state index contributed by atoms with van der Waals surface area (Å²) in [7, 11) is 2.00. The van der Waals surface area contributed by atoms with Crippen LogP contribution >= 0.6 is 0 Å². The van der Waals surface area contributed by atoms with E-state index in [9.17, 15) is 0 Å². The lowest BCUT2D eigenvalue weighted by Crippen LogP contribution is -2.48. The molecule has 3 rings (SSSR count). The number of fused-ring (bicyclic) bond motifs is 1. The Bertz CT molecular complexity index is 433. The topological polar surface area (TPSA) is 45.8 Å². The highest BCUT2D eigenvalue weighted by Gasteiger charge is 2.22. The summed E-state index contributed by atoms with van der Waals surface area (Å²) in [6.45, 7) is 5.47. The van der Waals surface area contributed by atoms with Crippen molar-refractivity contribution < 1.29 is 9.47 Å². The zero-order valence-corrected chi connectivity index (χ0v) is 11.3. The molecule has 19 heavy (non-hydrogen) atoms. The number of piperazine rings is 1. The molecule has 0 aliphatic carbocycles. The highest BCUT2D eigenvalue weighted by molar-refractivity contribution is 5.44. The maximum absolute atomic E-state index is 5.66. The van der Waals surface area contributed by atoms with Crippen molar-refractivity contribution in [1.29, 1.82) is 0 Å². The van der Waals surface area contributed by atoms with Gasteiger partial charge in [0.15, 0.2) is 11.5 Å². The van der Waals surface area contributed by atoms with Crippen molar-refractivity contribution in [2.75, 3.05) is 46.4 Å². The molecule has 0 bridgehead atoms. The molecule has 0 saturated carbocycles. The van der Waals surface area contributed by atoms with E-state index in [2.05, 4.69) is 27.7 Å². The smallest absolute Gasteiger partial charge is 0.161 e. The Kier molecular flexibility index (Phi) is 3.87. The lowest BCUT2D eigenvalue weighted by molar-refractivity contribution is 0.150. The van der Waals surface area contributed by atoms with E-state index in [0.29, 0.717) is 13.2 Å². The Morgan fingerprint density at radius 1 is 1.16 bits per heavy atom. The molecule has 0 radical (unpaired) electrons. The number of hydrogen-bond acceptors (Lipinski definition) is 5. The Morgan fingerprint density at radius 2 is 1.89 bits per heavy atom. The van der Waals surface area contributed by atoms with Crippen LogP contribution in [0.3, 0.4) is 0 Å².